The number of rotatable bonds is 5. The summed E-state index contributed by atoms with van der Waals surface area (Å²) in [5.74, 6) is 0.0275. The molecule has 1 heterocycles. The molecule has 3 rings (SSSR count). The van der Waals surface area contributed by atoms with Crippen molar-refractivity contribution in [2.45, 2.75) is 13.5 Å². The second kappa shape index (κ2) is 7.37. The van der Waals surface area contributed by atoms with E-state index in [1.54, 1.807) is 36.0 Å². The summed E-state index contributed by atoms with van der Waals surface area (Å²) < 4.78 is 1.69. The number of halogens is 1. The first-order valence-corrected chi connectivity index (χ1v) is 8.14. The monoisotopic (exact) mass is 370 g/mol. The van der Waals surface area contributed by atoms with Crippen molar-refractivity contribution >= 4 is 29.0 Å². The topological polar surface area (TPSA) is 90.1 Å². The van der Waals surface area contributed by atoms with E-state index < -0.39 is 4.92 Å². The molecule has 0 saturated heterocycles. The van der Waals surface area contributed by atoms with Gasteiger partial charge < -0.3 is 5.32 Å². The predicted octanol–water partition coefficient (Wildman–Crippen LogP) is 4.05. The molecule has 2 aromatic carbocycles. The van der Waals surface area contributed by atoms with Crippen molar-refractivity contribution in [1.29, 1.82) is 0 Å². The average Bonchev–Trinajstić information content (AvgIpc) is 3.03. The van der Waals surface area contributed by atoms with E-state index in [9.17, 15) is 14.9 Å². The third kappa shape index (κ3) is 4.07. The molecular formula is C18H15ClN4O3. The molecule has 0 bridgehead atoms. The van der Waals surface area contributed by atoms with Crippen molar-refractivity contribution in [3.63, 3.8) is 0 Å². The van der Waals surface area contributed by atoms with Crippen LogP contribution in [0.5, 0.6) is 0 Å². The Balaban J connectivity index is 1.68. The number of nitrogens with zero attached hydrogens (tertiary/aromatic N) is 3. The number of anilines is 1. The summed E-state index contributed by atoms with van der Waals surface area (Å²) in [6.07, 6.45) is 1.76. The van der Waals surface area contributed by atoms with Gasteiger partial charge in [-0.2, -0.15) is 5.10 Å². The minimum atomic E-state index is -0.477. The van der Waals surface area contributed by atoms with Crippen LogP contribution in [0.1, 0.15) is 21.5 Å². The van der Waals surface area contributed by atoms with Crippen molar-refractivity contribution in [3.05, 3.63) is 86.6 Å². The Hall–Kier alpha value is -3.19. The number of amides is 1. The van der Waals surface area contributed by atoms with Crippen LogP contribution >= 0.6 is 11.6 Å². The van der Waals surface area contributed by atoms with Crippen molar-refractivity contribution < 1.29 is 9.72 Å². The quantitative estimate of drug-likeness (QED) is 0.541. The molecule has 1 aromatic heterocycles. The van der Waals surface area contributed by atoms with Gasteiger partial charge in [0, 0.05) is 34.5 Å². The highest BCUT2D eigenvalue weighted by Crippen LogP contribution is 2.19. The summed E-state index contributed by atoms with van der Waals surface area (Å²) in [6.45, 7) is 2.14. The van der Waals surface area contributed by atoms with E-state index in [-0.39, 0.29) is 11.6 Å². The number of hydrogen-bond acceptors (Lipinski definition) is 4. The van der Waals surface area contributed by atoms with Gasteiger partial charge in [0.15, 0.2) is 5.82 Å². The molecular weight excluding hydrogens is 356 g/mol. The smallest absolute Gasteiger partial charge is 0.272 e. The van der Waals surface area contributed by atoms with Gasteiger partial charge in [0.25, 0.3) is 11.6 Å². The van der Waals surface area contributed by atoms with E-state index in [4.69, 9.17) is 11.6 Å². The number of benzene rings is 2. The molecule has 132 valence electrons. The number of nitro groups is 1. The summed E-state index contributed by atoms with van der Waals surface area (Å²) in [7, 11) is 0. The van der Waals surface area contributed by atoms with Crippen LogP contribution in [0.4, 0.5) is 11.5 Å². The second-order valence-electron chi connectivity index (χ2n) is 5.74. The fraction of sp³-hybridized carbons (Fsp3) is 0.111. The van der Waals surface area contributed by atoms with Crippen LogP contribution in [0.25, 0.3) is 0 Å². The molecule has 7 nitrogen and oxygen atoms in total. The zero-order valence-corrected chi connectivity index (χ0v) is 14.6. The van der Waals surface area contributed by atoms with E-state index in [0.717, 1.165) is 5.56 Å². The van der Waals surface area contributed by atoms with Crippen molar-refractivity contribution in [2.24, 2.45) is 0 Å². The first kappa shape index (κ1) is 17.6. The number of nitrogens with one attached hydrogen (secondary N) is 1. The molecule has 0 fully saturated rings. The highest BCUT2D eigenvalue weighted by atomic mass is 35.5. The molecule has 0 aliphatic heterocycles. The summed E-state index contributed by atoms with van der Waals surface area (Å²) in [5, 5.41) is 18.5. The normalized spacial score (nSPS) is 10.5. The Morgan fingerprint density at radius 3 is 2.62 bits per heavy atom. The van der Waals surface area contributed by atoms with Gasteiger partial charge in [-0.25, -0.2) is 0 Å². The zero-order valence-electron chi connectivity index (χ0n) is 13.8. The van der Waals surface area contributed by atoms with E-state index in [0.29, 0.717) is 28.5 Å². The largest absolute Gasteiger partial charge is 0.305 e. The standard InChI is InChI=1S/C18H15ClN4O3/c1-12-10-14(4-7-16(12)23(25)26)18(24)20-17-8-9-22(21-17)11-13-2-5-15(19)6-3-13/h2-10H,11H2,1H3,(H,20,21,24). The van der Waals surface area contributed by atoms with Crippen LogP contribution in [-0.2, 0) is 6.54 Å². The molecule has 0 spiro atoms. The maximum Gasteiger partial charge on any atom is 0.272 e. The van der Waals surface area contributed by atoms with Gasteiger partial charge in [-0.15, -0.1) is 0 Å². The molecule has 0 saturated carbocycles. The van der Waals surface area contributed by atoms with E-state index >= 15 is 0 Å². The Morgan fingerprint density at radius 2 is 1.96 bits per heavy atom. The molecule has 0 aliphatic carbocycles. The van der Waals surface area contributed by atoms with Gasteiger partial charge in [0.2, 0.25) is 0 Å². The lowest BCUT2D eigenvalue weighted by Gasteiger charge is -2.04. The molecule has 0 atom stereocenters. The van der Waals surface area contributed by atoms with Crippen LogP contribution in [-0.4, -0.2) is 20.6 Å². The van der Waals surface area contributed by atoms with E-state index in [2.05, 4.69) is 10.4 Å². The van der Waals surface area contributed by atoms with E-state index in [1.165, 1.54) is 18.2 Å². The number of aromatic nitrogens is 2. The lowest BCUT2D eigenvalue weighted by molar-refractivity contribution is -0.385. The lowest BCUT2D eigenvalue weighted by atomic mass is 10.1. The van der Waals surface area contributed by atoms with Crippen molar-refractivity contribution in [1.82, 2.24) is 9.78 Å². The number of hydrogen-bond donors (Lipinski definition) is 1. The Labute approximate surface area is 154 Å². The Kier molecular flexibility index (Phi) is 4.99. The maximum absolute atomic E-state index is 12.3. The number of nitro benzene ring substituents is 1. The van der Waals surface area contributed by atoms with Gasteiger partial charge in [0.05, 0.1) is 11.5 Å². The third-order valence-electron chi connectivity index (χ3n) is 3.80. The fourth-order valence-electron chi connectivity index (χ4n) is 2.48. The van der Waals surface area contributed by atoms with Crippen LogP contribution in [0.2, 0.25) is 5.02 Å². The number of carbonyl (C=O) groups is 1. The SMILES string of the molecule is Cc1cc(C(=O)Nc2ccn(Cc3ccc(Cl)cc3)n2)ccc1[N+](=O)[O-]. The van der Waals surface area contributed by atoms with E-state index in [1.807, 2.05) is 12.1 Å². The van der Waals surface area contributed by atoms with Gasteiger partial charge in [-0.1, -0.05) is 23.7 Å². The van der Waals surface area contributed by atoms with Crippen molar-refractivity contribution in [2.75, 3.05) is 5.32 Å². The molecule has 0 unspecified atom stereocenters. The van der Waals surface area contributed by atoms with Gasteiger partial charge >= 0.3 is 0 Å². The van der Waals surface area contributed by atoms with Gasteiger partial charge in [0.1, 0.15) is 0 Å². The summed E-state index contributed by atoms with van der Waals surface area (Å²) in [6, 6.07) is 13.3. The second-order valence-corrected chi connectivity index (χ2v) is 6.17. The molecule has 3 aromatic rings. The highest BCUT2D eigenvalue weighted by Gasteiger charge is 2.14. The third-order valence-corrected chi connectivity index (χ3v) is 4.05. The molecule has 1 amide bonds. The van der Waals surface area contributed by atoms with Crippen LogP contribution in [0, 0.1) is 17.0 Å². The van der Waals surface area contributed by atoms with Crippen molar-refractivity contribution in [3.8, 4) is 0 Å². The maximum atomic E-state index is 12.3. The molecule has 26 heavy (non-hydrogen) atoms. The first-order valence-electron chi connectivity index (χ1n) is 7.76. The molecule has 8 heteroatoms. The molecule has 1 N–H and O–H groups in total. The van der Waals surface area contributed by atoms with Crippen LogP contribution in [0.3, 0.4) is 0 Å². The number of aryl methyl sites for hydroxylation is 1. The van der Waals surface area contributed by atoms with Gasteiger partial charge in [-0.05, 0) is 36.8 Å². The Bertz CT molecular complexity index is 967. The fourth-order valence-corrected chi connectivity index (χ4v) is 2.61. The molecule has 0 radical (unpaired) electrons. The molecule has 0 aliphatic rings. The summed E-state index contributed by atoms with van der Waals surface area (Å²) >= 11 is 5.87. The lowest BCUT2D eigenvalue weighted by Crippen LogP contribution is -2.13. The number of carbonyl (C=O) groups excluding carboxylic acids is 1. The van der Waals surface area contributed by atoms with Crippen LogP contribution < -0.4 is 5.32 Å². The van der Waals surface area contributed by atoms with Crippen LogP contribution in [0.15, 0.2) is 54.7 Å². The van der Waals surface area contributed by atoms with Gasteiger partial charge in [-0.3, -0.25) is 19.6 Å². The highest BCUT2D eigenvalue weighted by molar-refractivity contribution is 6.30. The Morgan fingerprint density at radius 1 is 1.23 bits per heavy atom. The summed E-state index contributed by atoms with van der Waals surface area (Å²) in [5.41, 5.74) is 1.77. The predicted molar refractivity (Wildman–Crippen MR) is 98.6 cm³/mol. The average molecular weight is 371 g/mol. The minimum absolute atomic E-state index is 0.0196. The first-order chi connectivity index (χ1) is 12.4. The summed E-state index contributed by atoms with van der Waals surface area (Å²) in [4.78, 5) is 22.7. The minimum Gasteiger partial charge on any atom is -0.305 e. The zero-order chi connectivity index (χ0) is 18.7.